The van der Waals surface area contributed by atoms with Crippen molar-refractivity contribution in [2.75, 3.05) is 13.4 Å². The van der Waals surface area contributed by atoms with Gasteiger partial charge in [-0.1, -0.05) is 12.1 Å². The van der Waals surface area contributed by atoms with Crippen molar-refractivity contribution in [1.29, 1.82) is 0 Å². The summed E-state index contributed by atoms with van der Waals surface area (Å²) in [7, 11) is 1.31. The molecule has 4 nitrogen and oxygen atoms in total. The van der Waals surface area contributed by atoms with Gasteiger partial charge < -0.3 is 4.74 Å². The van der Waals surface area contributed by atoms with Gasteiger partial charge in [0.1, 0.15) is 0 Å². The van der Waals surface area contributed by atoms with Crippen molar-refractivity contribution in [2.24, 2.45) is 4.99 Å². The number of thioether (sulfide) groups is 1. The third-order valence-corrected chi connectivity index (χ3v) is 3.04. The van der Waals surface area contributed by atoms with E-state index < -0.39 is 12.0 Å². The molecule has 0 fully saturated rings. The quantitative estimate of drug-likeness (QED) is 0.349. The fourth-order valence-corrected chi connectivity index (χ4v) is 1.78. The summed E-state index contributed by atoms with van der Waals surface area (Å²) >= 11 is 1.62. The summed E-state index contributed by atoms with van der Waals surface area (Å²) in [6.07, 6.45) is 3.51. The first-order valence-electron chi connectivity index (χ1n) is 4.99. The van der Waals surface area contributed by atoms with Crippen molar-refractivity contribution in [3.63, 3.8) is 0 Å². The molecule has 0 amide bonds. The van der Waals surface area contributed by atoms with Crippen LogP contribution in [0.1, 0.15) is 18.0 Å². The van der Waals surface area contributed by atoms with Gasteiger partial charge in [0, 0.05) is 4.90 Å². The Labute approximate surface area is 104 Å². The highest BCUT2D eigenvalue weighted by atomic mass is 32.2. The van der Waals surface area contributed by atoms with Crippen molar-refractivity contribution in [3.8, 4) is 0 Å². The second kappa shape index (κ2) is 6.89. The summed E-state index contributed by atoms with van der Waals surface area (Å²) in [6.45, 7) is 0. The number of carbonyl (C=O) groups excluding carboxylic acids is 2. The summed E-state index contributed by atoms with van der Waals surface area (Å²) in [5.74, 6) is -0.400. The molecule has 0 aliphatic heterocycles. The molecule has 0 heterocycles. The van der Waals surface area contributed by atoms with E-state index in [0.29, 0.717) is 0 Å². The predicted octanol–water partition coefficient (Wildman–Crippen LogP) is 2.35. The summed E-state index contributed by atoms with van der Waals surface area (Å²) in [5, 5.41) is 0. The van der Waals surface area contributed by atoms with Crippen LogP contribution in [0.3, 0.4) is 0 Å². The number of carbonyl (C=O) groups is 1. The van der Waals surface area contributed by atoms with Crippen molar-refractivity contribution in [1.82, 2.24) is 0 Å². The number of benzene rings is 1. The van der Waals surface area contributed by atoms with Crippen LogP contribution < -0.4 is 0 Å². The van der Waals surface area contributed by atoms with Crippen LogP contribution in [-0.2, 0) is 14.3 Å². The molecule has 90 valence electrons. The van der Waals surface area contributed by atoms with E-state index in [9.17, 15) is 9.59 Å². The molecule has 1 rings (SSSR count). The Balaban J connectivity index is 2.88. The van der Waals surface area contributed by atoms with Gasteiger partial charge in [0.2, 0.25) is 6.08 Å². The third kappa shape index (κ3) is 4.06. The van der Waals surface area contributed by atoms with E-state index in [4.69, 9.17) is 0 Å². The van der Waals surface area contributed by atoms with Crippen LogP contribution >= 0.6 is 11.8 Å². The summed E-state index contributed by atoms with van der Waals surface area (Å²) < 4.78 is 4.56. The van der Waals surface area contributed by atoms with Crippen LogP contribution in [0.15, 0.2) is 34.2 Å². The van der Waals surface area contributed by atoms with Crippen LogP contribution in [0.2, 0.25) is 0 Å². The largest absolute Gasteiger partial charge is 0.469 e. The van der Waals surface area contributed by atoms with Crippen LogP contribution in [-0.4, -0.2) is 25.4 Å². The molecule has 0 aliphatic carbocycles. The average molecular weight is 251 g/mol. The van der Waals surface area contributed by atoms with Gasteiger partial charge in [-0.2, -0.15) is 4.99 Å². The Morgan fingerprint density at radius 3 is 2.59 bits per heavy atom. The van der Waals surface area contributed by atoms with Gasteiger partial charge in [-0.3, -0.25) is 4.79 Å². The van der Waals surface area contributed by atoms with Crippen LogP contribution in [0, 0.1) is 0 Å². The second-order valence-corrected chi connectivity index (χ2v) is 4.17. The molecule has 1 atom stereocenters. The van der Waals surface area contributed by atoms with Gasteiger partial charge in [-0.15, -0.1) is 11.8 Å². The van der Waals surface area contributed by atoms with Crippen molar-refractivity contribution in [2.45, 2.75) is 17.4 Å². The molecule has 0 saturated carbocycles. The minimum Gasteiger partial charge on any atom is -0.469 e. The lowest BCUT2D eigenvalue weighted by Crippen LogP contribution is -2.07. The summed E-state index contributed by atoms with van der Waals surface area (Å²) in [5.41, 5.74) is 0.802. The maximum atomic E-state index is 11.2. The number of ether oxygens (including phenoxy) is 1. The maximum Gasteiger partial charge on any atom is 0.308 e. The maximum absolute atomic E-state index is 11.2. The second-order valence-electron chi connectivity index (χ2n) is 3.29. The summed E-state index contributed by atoms with van der Waals surface area (Å²) in [6, 6.07) is 7.02. The predicted molar refractivity (Wildman–Crippen MR) is 65.7 cm³/mol. The van der Waals surface area contributed by atoms with Crippen LogP contribution in [0.25, 0.3) is 0 Å². The first-order chi connectivity index (χ1) is 8.21. The number of isocyanates is 1. The van der Waals surface area contributed by atoms with Crippen molar-refractivity contribution >= 4 is 23.8 Å². The molecule has 0 unspecified atom stereocenters. The zero-order chi connectivity index (χ0) is 12.7. The van der Waals surface area contributed by atoms with Gasteiger partial charge in [-0.05, 0) is 24.0 Å². The molecular formula is C12H13NO3S. The molecule has 0 aromatic heterocycles. The van der Waals surface area contributed by atoms with Crippen LogP contribution in [0.5, 0.6) is 0 Å². The number of rotatable bonds is 5. The van der Waals surface area contributed by atoms with Gasteiger partial charge in [0.05, 0.1) is 19.6 Å². The zero-order valence-corrected chi connectivity index (χ0v) is 10.5. The molecule has 5 heteroatoms. The Hall–Kier alpha value is -1.58. The lowest BCUT2D eigenvalue weighted by molar-refractivity contribution is -0.141. The minimum atomic E-state index is -0.518. The zero-order valence-electron chi connectivity index (χ0n) is 9.67. The fourth-order valence-electron chi connectivity index (χ4n) is 1.37. The van der Waals surface area contributed by atoms with Crippen LogP contribution in [0.4, 0.5) is 0 Å². The lowest BCUT2D eigenvalue weighted by Gasteiger charge is -2.09. The normalized spacial score (nSPS) is 11.4. The van der Waals surface area contributed by atoms with Gasteiger partial charge in [-0.25, -0.2) is 4.79 Å². The molecule has 1 aromatic carbocycles. The monoisotopic (exact) mass is 251 g/mol. The fraction of sp³-hybridized carbons (Fsp3) is 0.333. The highest BCUT2D eigenvalue weighted by molar-refractivity contribution is 7.98. The SMILES string of the molecule is COC(=O)C[C@@H](N=C=O)c1ccc(SC)cc1. The van der Waals surface area contributed by atoms with E-state index in [-0.39, 0.29) is 6.42 Å². The molecule has 0 saturated heterocycles. The first kappa shape index (κ1) is 13.5. The van der Waals surface area contributed by atoms with E-state index in [1.54, 1.807) is 11.8 Å². The topological polar surface area (TPSA) is 55.7 Å². The highest BCUT2D eigenvalue weighted by Gasteiger charge is 2.15. The molecule has 0 aliphatic rings. The minimum absolute atomic E-state index is 0.0460. The molecule has 0 spiro atoms. The standard InChI is InChI=1S/C12H13NO3S/c1-16-12(15)7-11(13-8-14)9-3-5-10(17-2)6-4-9/h3-6,11H,7H2,1-2H3/t11-/m1/s1. The Morgan fingerprint density at radius 1 is 1.47 bits per heavy atom. The Kier molecular flexibility index (Phi) is 5.46. The van der Waals surface area contributed by atoms with Gasteiger partial charge in [0.15, 0.2) is 0 Å². The molecule has 0 bridgehead atoms. The first-order valence-corrected chi connectivity index (χ1v) is 6.21. The molecular weight excluding hydrogens is 238 g/mol. The number of esters is 1. The van der Waals surface area contributed by atoms with E-state index in [1.807, 2.05) is 30.5 Å². The van der Waals surface area contributed by atoms with E-state index in [0.717, 1.165) is 10.5 Å². The third-order valence-electron chi connectivity index (χ3n) is 2.30. The van der Waals surface area contributed by atoms with E-state index >= 15 is 0 Å². The average Bonchev–Trinajstić information content (AvgIpc) is 2.38. The van der Waals surface area contributed by atoms with E-state index in [1.165, 1.54) is 13.2 Å². The smallest absolute Gasteiger partial charge is 0.308 e. The Morgan fingerprint density at radius 2 is 2.12 bits per heavy atom. The number of methoxy groups -OCH3 is 1. The molecule has 0 N–H and O–H groups in total. The van der Waals surface area contributed by atoms with Gasteiger partial charge in [0.25, 0.3) is 0 Å². The van der Waals surface area contributed by atoms with Crippen molar-refractivity contribution < 1.29 is 14.3 Å². The van der Waals surface area contributed by atoms with Crippen molar-refractivity contribution in [3.05, 3.63) is 29.8 Å². The lowest BCUT2D eigenvalue weighted by atomic mass is 10.0. The molecule has 17 heavy (non-hydrogen) atoms. The summed E-state index contributed by atoms with van der Waals surface area (Å²) in [4.78, 5) is 26.2. The molecule has 0 radical (unpaired) electrons. The van der Waals surface area contributed by atoms with E-state index in [2.05, 4.69) is 9.73 Å². The number of hydrogen-bond donors (Lipinski definition) is 0. The number of nitrogens with zero attached hydrogens (tertiary/aromatic N) is 1. The number of aliphatic imine (C=N–C) groups is 1. The highest BCUT2D eigenvalue weighted by Crippen LogP contribution is 2.24. The Bertz CT molecular complexity index is 424. The molecule has 1 aromatic rings. The number of hydrogen-bond acceptors (Lipinski definition) is 5. The van der Waals surface area contributed by atoms with Gasteiger partial charge >= 0.3 is 5.97 Å².